The van der Waals surface area contributed by atoms with E-state index in [4.69, 9.17) is 14.6 Å². The Labute approximate surface area is 192 Å². The molecule has 8 nitrogen and oxygen atoms in total. The van der Waals surface area contributed by atoms with Crippen molar-refractivity contribution in [2.75, 3.05) is 38.2 Å². The molecular weight excluding hydrogens is 434 g/mol. The fraction of sp³-hybridized carbons (Fsp3) is 0.348. The average Bonchev–Trinajstić information content (AvgIpc) is 2.78. The number of aliphatic carboxylic acids is 1. The first-order chi connectivity index (χ1) is 15.1. The van der Waals surface area contributed by atoms with Gasteiger partial charge < -0.3 is 19.9 Å². The first-order valence-corrected chi connectivity index (χ1v) is 10.3. The van der Waals surface area contributed by atoms with Gasteiger partial charge in [-0.25, -0.2) is 0 Å². The number of hydrogen-bond acceptors (Lipinski definition) is 6. The lowest BCUT2D eigenvalue weighted by Crippen LogP contribution is -2.32. The predicted molar refractivity (Wildman–Crippen MR) is 123 cm³/mol. The maximum Gasteiger partial charge on any atom is 0.303 e. The molecule has 1 amide bonds. The van der Waals surface area contributed by atoms with E-state index in [0.717, 1.165) is 24.2 Å². The number of fused-ring (bicyclic) bond motifs is 1. The minimum absolute atomic E-state index is 0. The van der Waals surface area contributed by atoms with Crippen molar-refractivity contribution in [1.82, 2.24) is 5.01 Å². The molecule has 1 atom stereocenters. The lowest BCUT2D eigenvalue weighted by molar-refractivity contribution is -0.138. The molecule has 0 aliphatic carbocycles. The highest BCUT2D eigenvalue weighted by Crippen LogP contribution is 2.31. The zero-order valence-electron chi connectivity index (χ0n) is 17.5. The Bertz CT molecular complexity index is 974. The van der Waals surface area contributed by atoms with Crippen LogP contribution in [0.15, 0.2) is 47.6 Å². The molecule has 0 saturated carbocycles. The van der Waals surface area contributed by atoms with Crippen molar-refractivity contribution in [3.05, 3.63) is 59.2 Å². The monoisotopic (exact) mass is 459 g/mol. The molecule has 2 N–H and O–H groups in total. The summed E-state index contributed by atoms with van der Waals surface area (Å²) < 4.78 is 11.0. The summed E-state index contributed by atoms with van der Waals surface area (Å²) in [5, 5.41) is 18.2. The Morgan fingerprint density at radius 3 is 2.62 bits per heavy atom. The number of nitrogens with zero attached hydrogens (tertiary/aromatic N) is 2. The van der Waals surface area contributed by atoms with Crippen LogP contribution in [0.2, 0.25) is 0 Å². The average molecular weight is 460 g/mol. The van der Waals surface area contributed by atoms with Crippen molar-refractivity contribution < 1.29 is 24.2 Å². The Balaban J connectivity index is 0.00000289. The number of carboxylic acids is 1. The number of hydrazone groups is 1. The zero-order valence-corrected chi connectivity index (χ0v) is 18.3. The van der Waals surface area contributed by atoms with Crippen LogP contribution in [0, 0.1) is 5.92 Å². The number of amides is 1. The fourth-order valence-electron chi connectivity index (χ4n) is 3.63. The van der Waals surface area contributed by atoms with Gasteiger partial charge in [0.1, 0.15) is 5.75 Å². The second-order valence-corrected chi connectivity index (χ2v) is 7.69. The van der Waals surface area contributed by atoms with Crippen molar-refractivity contribution in [3.8, 4) is 5.75 Å². The van der Waals surface area contributed by atoms with E-state index in [2.05, 4.69) is 10.4 Å². The molecule has 2 aromatic rings. The van der Waals surface area contributed by atoms with E-state index < -0.39 is 5.97 Å². The van der Waals surface area contributed by atoms with Gasteiger partial charge in [0.05, 0.1) is 45.5 Å². The van der Waals surface area contributed by atoms with Crippen LogP contribution in [-0.2, 0) is 16.0 Å². The van der Waals surface area contributed by atoms with Gasteiger partial charge in [0.15, 0.2) is 0 Å². The number of ether oxygens (including phenoxy) is 2. The Hall–Kier alpha value is -3.10. The SMILES string of the molecule is Cl.O=C(O)CC1COc2cc(NC(=O)c3ccc(C=NN4CCOCC4)cc3)ccc2C1. The number of benzene rings is 2. The van der Waals surface area contributed by atoms with Gasteiger partial charge in [0.2, 0.25) is 0 Å². The van der Waals surface area contributed by atoms with Crippen molar-refractivity contribution in [3.63, 3.8) is 0 Å². The molecule has 1 unspecified atom stereocenters. The van der Waals surface area contributed by atoms with Crippen LogP contribution in [0.4, 0.5) is 5.69 Å². The normalized spacial score (nSPS) is 17.8. The van der Waals surface area contributed by atoms with E-state index >= 15 is 0 Å². The second-order valence-electron chi connectivity index (χ2n) is 7.69. The third kappa shape index (κ3) is 6.21. The summed E-state index contributed by atoms with van der Waals surface area (Å²) in [6.45, 7) is 3.30. The minimum Gasteiger partial charge on any atom is -0.493 e. The van der Waals surface area contributed by atoms with Gasteiger partial charge in [-0.2, -0.15) is 5.10 Å². The number of morpholine rings is 1. The highest BCUT2D eigenvalue weighted by atomic mass is 35.5. The molecule has 170 valence electrons. The number of carboxylic acid groups (broad SMARTS) is 1. The summed E-state index contributed by atoms with van der Waals surface area (Å²) in [4.78, 5) is 23.5. The van der Waals surface area contributed by atoms with Gasteiger partial charge in [-0.15, -0.1) is 12.4 Å². The van der Waals surface area contributed by atoms with E-state index in [9.17, 15) is 9.59 Å². The number of nitrogens with one attached hydrogen (secondary N) is 1. The smallest absolute Gasteiger partial charge is 0.303 e. The number of halogens is 1. The Kier molecular flexibility index (Phi) is 8.08. The molecule has 0 radical (unpaired) electrons. The minimum atomic E-state index is -0.820. The molecule has 2 aliphatic rings. The van der Waals surface area contributed by atoms with Crippen molar-refractivity contribution >= 4 is 36.2 Å². The highest BCUT2D eigenvalue weighted by Gasteiger charge is 2.22. The molecule has 1 fully saturated rings. The van der Waals surface area contributed by atoms with E-state index in [1.807, 2.05) is 29.3 Å². The number of anilines is 1. The molecular formula is C23H26ClN3O5. The molecule has 2 heterocycles. The molecule has 9 heteroatoms. The van der Waals surface area contributed by atoms with Gasteiger partial charge in [-0.1, -0.05) is 18.2 Å². The summed E-state index contributed by atoms with van der Waals surface area (Å²) in [6.07, 6.45) is 2.53. The first kappa shape index (κ1) is 23.6. The van der Waals surface area contributed by atoms with E-state index in [1.165, 1.54) is 0 Å². The van der Waals surface area contributed by atoms with Crippen molar-refractivity contribution in [2.24, 2.45) is 11.0 Å². The van der Waals surface area contributed by atoms with E-state index in [1.54, 1.807) is 24.4 Å². The van der Waals surface area contributed by atoms with Gasteiger partial charge in [0, 0.05) is 23.2 Å². The zero-order chi connectivity index (χ0) is 21.6. The van der Waals surface area contributed by atoms with Crippen LogP contribution < -0.4 is 10.1 Å². The lowest BCUT2D eigenvalue weighted by atomic mass is 9.94. The predicted octanol–water partition coefficient (Wildman–Crippen LogP) is 3.05. The second kappa shape index (κ2) is 11.0. The number of rotatable bonds is 6. The van der Waals surface area contributed by atoms with Gasteiger partial charge in [-0.05, 0) is 35.7 Å². The summed E-state index contributed by atoms with van der Waals surface area (Å²) in [7, 11) is 0. The third-order valence-corrected chi connectivity index (χ3v) is 5.30. The number of carbonyl (C=O) groups is 2. The maximum atomic E-state index is 12.6. The first-order valence-electron chi connectivity index (χ1n) is 10.3. The molecule has 0 spiro atoms. The van der Waals surface area contributed by atoms with Gasteiger partial charge >= 0.3 is 5.97 Å². The molecule has 2 aromatic carbocycles. The van der Waals surface area contributed by atoms with Crippen LogP contribution in [0.25, 0.3) is 0 Å². The number of carbonyl (C=O) groups excluding carboxylic acids is 1. The topological polar surface area (TPSA) is 100 Å². The lowest BCUT2D eigenvalue weighted by Gasteiger charge is -2.24. The maximum absolute atomic E-state index is 12.6. The molecule has 0 aromatic heterocycles. The molecule has 2 aliphatic heterocycles. The van der Waals surface area contributed by atoms with Gasteiger partial charge in [-0.3, -0.25) is 14.6 Å². The van der Waals surface area contributed by atoms with Crippen LogP contribution in [0.1, 0.15) is 27.9 Å². The highest BCUT2D eigenvalue weighted by molar-refractivity contribution is 6.04. The van der Waals surface area contributed by atoms with Crippen molar-refractivity contribution in [1.29, 1.82) is 0 Å². The Morgan fingerprint density at radius 2 is 1.91 bits per heavy atom. The summed E-state index contributed by atoms with van der Waals surface area (Å²) in [6, 6.07) is 12.7. The van der Waals surface area contributed by atoms with Crippen LogP contribution in [-0.4, -0.2) is 61.1 Å². The van der Waals surface area contributed by atoms with Crippen LogP contribution in [0.3, 0.4) is 0 Å². The summed E-state index contributed by atoms with van der Waals surface area (Å²) in [5.41, 5.74) is 3.06. The summed E-state index contributed by atoms with van der Waals surface area (Å²) >= 11 is 0. The molecule has 4 rings (SSSR count). The largest absolute Gasteiger partial charge is 0.493 e. The van der Waals surface area contributed by atoms with E-state index in [-0.39, 0.29) is 30.7 Å². The fourth-order valence-corrected chi connectivity index (χ4v) is 3.63. The van der Waals surface area contributed by atoms with Crippen molar-refractivity contribution in [2.45, 2.75) is 12.8 Å². The third-order valence-electron chi connectivity index (χ3n) is 5.30. The Morgan fingerprint density at radius 1 is 1.16 bits per heavy atom. The molecule has 32 heavy (non-hydrogen) atoms. The van der Waals surface area contributed by atoms with Crippen LogP contribution >= 0.6 is 12.4 Å². The van der Waals surface area contributed by atoms with Crippen LogP contribution in [0.5, 0.6) is 5.75 Å². The molecule has 0 bridgehead atoms. The quantitative estimate of drug-likeness (QED) is 0.644. The number of hydrogen-bond donors (Lipinski definition) is 2. The van der Waals surface area contributed by atoms with E-state index in [0.29, 0.717) is 43.2 Å². The standard InChI is InChI=1S/C23H25N3O5.ClH/c27-22(28)12-17-11-19-5-6-20(13-21(19)31-15-17)25-23(29)18-3-1-16(2-4-18)14-24-26-7-9-30-10-8-26;/h1-6,13-14,17H,7-12,15H2,(H,25,29)(H,27,28);1H. The summed E-state index contributed by atoms with van der Waals surface area (Å²) in [5.74, 6) is -0.375. The molecule has 1 saturated heterocycles. The van der Waals surface area contributed by atoms with Gasteiger partial charge in [0.25, 0.3) is 5.91 Å².